The van der Waals surface area contributed by atoms with Gasteiger partial charge in [0.1, 0.15) is 0 Å². The fourth-order valence-corrected chi connectivity index (χ4v) is 3.29. The molecule has 0 radical (unpaired) electrons. The minimum absolute atomic E-state index is 0. The van der Waals surface area contributed by atoms with Crippen molar-refractivity contribution in [1.82, 2.24) is 15.4 Å². The molecule has 3 rings (SSSR count). The summed E-state index contributed by atoms with van der Waals surface area (Å²) >= 11 is 0. The van der Waals surface area contributed by atoms with E-state index < -0.39 is 5.91 Å². The molecule has 2 aromatic rings. The Morgan fingerprint density at radius 1 is 1.03 bits per heavy atom. The van der Waals surface area contributed by atoms with E-state index in [-0.39, 0.29) is 18.3 Å². The number of rotatable bonds is 5. The maximum absolute atomic E-state index is 12.6. The molecule has 1 aliphatic rings. The summed E-state index contributed by atoms with van der Waals surface area (Å²) in [5, 5.41) is 8.50. The lowest BCUT2D eigenvalue weighted by atomic mass is 9.90. The van der Waals surface area contributed by atoms with Crippen molar-refractivity contribution in [2.24, 2.45) is 0 Å². The van der Waals surface area contributed by atoms with Crippen molar-refractivity contribution >= 4 is 36.4 Å². The summed E-state index contributed by atoms with van der Waals surface area (Å²) in [6.07, 6.45) is 7.97. The number of pyridine rings is 1. The third kappa shape index (κ3) is 6.55. The lowest BCUT2D eigenvalue weighted by Crippen LogP contribution is -2.38. The number of hydroxylamine groups is 1. The molecule has 1 aliphatic heterocycles. The largest absolute Gasteiger partial charge is 0.339 e. The van der Waals surface area contributed by atoms with Gasteiger partial charge in [-0.05, 0) is 42.7 Å². The Bertz CT molecular complexity index is 884. The third-order valence-electron chi connectivity index (χ3n) is 4.71. The van der Waals surface area contributed by atoms with E-state index in [0.717, 1.165) is 25.9 Å². The van der Waals surface area contributed by atoms with Crippen molar-refractivity contribution in [2.75, 3.05) is 13.1 Å². The first-order valence-electron chi connectivity index (χ1n) is 9.27. The van der Waals surface area contributed by atoms with Crippen LogP contribution in [0, 0.1) is 0 Å². The molecule has 0 spiro atoms. The van der Waals surface area contributed by atoms with E-state index in [9.17, 15) is 9.59 Å². The van der Waals surface area contributed by atoms with Crippen LogP contribution >= 0.6 is 12.4 Å². The number of hydrogen-bond acceptors (Lipinski definition) is 4. The Kier molecular flexibility index (Phi) is 8.58. The van der Waals surface area contributed by atoms with Crippen molar-refractivity contribution in [3.63, 3.8) is 0 Å². The van der Waals surface area contributed by atoms with Crippen LogP contribution in [-0.4, -0.2) is 40.0 Å². The van der Waals surface area contributed by atoms with Crippen molar-refractivity contribution in [2.45, 2.75) is 18.8 Å². The van der Waals surface area contributed by atoms with Crippen LogP contribution in [0.4, 0.5) is 0 Å². The van der Waals surface area contributed by atoms with Crippen molar-refractivity contribution < 1.29 is 14.8 Å². The Labute approximate surface area is 176 Å². The summed E-state index contributed by atoms with van der Waals surface area (Å²) in [6, 6.07) is 15.6. The summed E-state index contributed by atoms with van der Waals surface area (Å²) in [4.78, 5) is 29.9. The average molecular weight is 414 g/mol. The van der Waals surface area contributed by atoms with Crippen molar-refractivity contribution in [3.8, 4) is 0 Å². The molecular weight excluding hydrogens is 390 g/mol. The number of aromatic nitrogens is 1. The normalized spacial score (nSPS) is 16.6. The Hall–Kier alpha value is -2.96. The molecule has 2 N–H and O–H groups in total. The van der Waals surface area contributed by atoms with Crippen molar-refractivity contribution in [1.29, 1.82) is 0 Å². The van der Waals surface area contributed by atoms with Crippen molar-refractivity contribution in [3.05, 3.63) is 77.6 Å². The van der Waals surface area contributed by atoms with Gasteiger partial charge in [0.15, 0.2) is 0 Å². The Morgan fingerprint density at radius 3 is 2.41 bits per heavy atom. The summed E-state index contributed by atoms with van der Waals surface area (Å²) in [5.41, 5.74) is 3.98. The van der Waals surface area contributed by atoms with Crippen LogP contribution in [-0.2, 0) is 9.59 Å². The van der Waals surface area contributed by atoms with Gasteiger partial charge in [-0.3, -0.25) is 14.8 Å². The third-order valence-corrected chi connectivity index (χ3v) is 4.71. The van der Waals surface area contributed by atoms with Crippen LogP contribution in [0.5, 0.6) is 0 Å². The number of piperidine rings is 1. The molecule has 152 valence electrons. The van der Waals surface area contributed by atoms with Gasteiger partial charge in [-0.2, -0.15) is 0 Å². The molecule has 0 aliphatic carbocycles. The smallest absolute Gasteiger partial charge is 0.267 e. The standard InChI is InChI=1S/C22H23N3O3.ClH/c26-21(24-28)13-11-19-9-4-10-20(23-19)12-14-22(27)25-15-5-8-18(16-25)17-6-2-1-3-7-17;/h1-4,6-7,9-14,18,28H,5,8,15-16H2,(H,24,26);1H/b13-11+,14-12+;. The monoisotopic (exact) mass is 413 g/mol. The molecular formula is C22H24ClN3O3. The van der Waals surface area contributed by atoms with Gasteiger partial charge < -0.3 is 4.90 Å². The fraction of sp³-hybridized carbons (Fsp3) is 0.227. The predicted octanol–water partition coefficient (Wildman–Crippen LogP) is 3.44. The van der Waals surface area contributed by atoms with Gasteiger partial charge in [0.2, 0.25) is 5.91 Å². The zero-order valence-corrected chi connectivity index (χ0v) is 16.7. The average Bonchev–Trinajstić information content (AvgIpc) is 2.76. The number of halogens is 1. The van der Waals surface area contributed by atoms with E-state index in [1.807, 2.05) is 23.1 Å². The molecule has 1 unspecified atom stereocenters. The first-order chi connectivity index (χ1) is 13.7. The van der Waals surface area contributed by atoms with Crippen LogP contribution in [0.25, 0.3) is 12.2 Å². The van der Waals surface area contributed by atoms with E-state index in [1.54, 1.807) is 30.4 Å². The van der Waals surface area contributed by atoms with Crippen LogP contribution in [0.15, 0.2) is 60.7 Å². The molecule has 29 heavy (non-hydrogen) atoms. The summed E-state index contributed by atoms with van der Waals surface area (Å²) in [6.45, 7) is 1.48. The first-order valence-corrected chi connectivity index (χ1v) is 9.27. The molecule has 0 bridgehead atoms. The zero-order valence-electron chi connectivity index (χ0n) is 15.9. The minimum Gasteiger partial charge on any atom is -0.339 e. The summed E-state index contributed by atoms with van der Waals surface area (Å²) in [5.74, 6) is -0.282. The maximum atomic E-state index is 12.6. The van der Waals surface area contributed by atoms with E-state index in [0.29, 0.717) is 17.3 Å². The summed E-state index contributed by atoms with van der Waals surface area (Å²) < 4.78 is 0. The van der Waals surface area contributed by atoms with E-state index >= 15 is 0 Å². The number of nitrogens with one attached hydrogen (secondary N) is 1. The van der Waals surface area contributed by atoms with Crippen LogP contribution < -0.4 is 5.48 Å². The van der Waals surface area contributed by atoms with Crippen LogP contribution in [0.3, 0.4) is 0 Å². The van der Waals surface area contributed by atoms with Gasteiger partial charge in [-0.25, -0.2) is 10.5 Å². The Balaban J connectivity index is 0.00000300. The van der Waals surface area contributed by atoms with Gasteiger partial charge in [0.25, 0.3) is 5.91 Å². The number of amides is 2. The summed E-state index contributed by atoms with van der Waals surface area (Å²) in [7, 11) is 0. The maximum Gasteiger partial charge on any atom is 0.267 e. The molecule has 2 heterocycles. The molecule has 6 nitrogen and oxygen atoms in total. The lowest BCUT2D eigenvalue weighted by Gasteiger charge is -2.32. The number of carbonyl (C=O) groups excluding carboxylic acids is 2. The fourth-order valence-electron chi connectivity index (χ4n) is 3.29. The van der Waals surface area contributed by atoms with Crippen LogP contribution in [0.1, 0.15) is 35.7 Å². The van der Waals surface area contributed by atoms with Crippen LogP contribution in [0.2, 0.25) is 0 Å². The van der Waals surface area contributed by atoms with Gasteiger partial charge in [-0.15, -0.1) is 12.4 Å². The molecule has 1 atom stereocenters. The molecule has 0 saturated carbocycles. The second-order valence-corrected chi connectivity index (χ2v) is 6.66. The number of benzene rings is 1. The van der Waals surface area contributed by atoms with Gasteiger partial charge in [0.05, 0.1) is 11.4 Å². The molecule has 1 fully saturated rings. The number of likely N-dealkylation sites (tertiary alicyclic amines) is 1. The first kappa shape index (κ1) is 22.3. The quantitative estimate of drug-likeness (QED) is 0.447. The highest BCUT2D eigenvalue weighted by Crippen LogP contribution is 2.26. The second kappa shape index (κ2) is 11.1. The van der Waals surface area contributed by atoms with Gasteiger partial charge in [-0.1, -0.05) is 36.4 Å². The highest BCUT2D eigenvalue weighted by Gasteiger charge is 2.23. The lowest BCUT2D eigenvalue weighted by molar-refractivity contribution is -0.127. The van der Waals surface area contributed by atoms with Gasteiger partial charge >= 0.3 is 0 Å². The molecule has 1 aromatic heterocycles. The van der Waals surface area contributed by atoms with E-state index in [2.05, 4.69) is 17.1 Å². The number of carbonyl (C=O) groups is 2. The zero-order chi connectivity index (χ0) is 19.8. The highest BCUT2D eigenvalue weighted by atomic mass is 35.5. The van der Waals surface area contributed by atoms with E-state index in [4.69, 9.17) is 5.21 Å². The van der Waals surface area contributed by atoms with Gasteiger partial charge in [0, 0.05) is 31.2 Å². The SMILES string of the molecule is Cl.O=C(/C=C/c1cccc(/C=C/C(=O)N2CCCC(c3ccccc3)C2)n1)NO. The highest BCUT2D eigenvalue weighted by molar-refractivity contribution is 5.92. The number of nitrogens with zero attached hydrogens (tertiary/aromatic N) is 2. The molecule has 1 saturated heterocycles. The second-order valence-electron chi connectivity index (χ2n) is 6.66. The Morgan fingerprint density at radius 2 is 1.72 bits per heavy atom. The molecule has 1 aromatic carbocycles. The molecule has 2 amide bonds. The molecule has 7 heteroatoms. The minimum atomic E-state index is -0.629. The predicted molar refractivity (Wildman–Crippen MR) is 114 cm³/mol. The number of hydrogen-bond donors (Lipinski definition) is 2. The topological polar surface area (TPSA) is 82.5 Å². The van der Waals surface area contributed by atoms with E-state index in [1.165, 1.54) is 23.2 Å².